The fraction of sp³-hybridized carbons (Fsp3) is 0.250. The van der Waals surface area contributed by atoms with Crippen LogP contribution >= 0.6 is 11.6 Å². The van der Waals surface area contributed by atoms with Crippen LogP contribution in [0.3, 0.4) is 0 Å². The van der Waals surface area contributed by atoms with Gasteiger partial charge in [0.25, 0.3) is 0 Å². The highest BCUT2D eigenvalue weighted by molar-refractivity contribution is 6.30. The Balaban J connectivity index is 2.29. The van der Waals surface area contributed by atoms with Crippen LogP contribution < -0.4 is 5.73 Å². The van der Waals surface area contributed by atoms with Crippen molar-refractivity contribution in [2.45, 2.75) is 19.3 Å². The van der Waals surface area contributed by atoms with Crippen LogP contribution in [0.25, 0.3) is 0 Å². The van der Waals surface area contributed by atoms with E-state index in [1.807, 2.05) is 37.4 Å². The van der Waals surface area contributed by atoms with Gasteiger partial charge in [-0.1, -0.05) is 17.7 Å². The van der Waals surface area contributed by atoms with E-state index in [9.17, 15) is 0 Å². The molecule has 1 heterocycles. The van der Waals surface area contributed by atoms with Crippen LogP contribution in [0.5, 0.6) is 0 Å². The van der Waals surface area contributed by atoms with Gasteiger partial charge in [-0.3, -0.25) is 4.98 Å². The van der Waals surface area contributed by atoms with Crippen LogP contribution in [0.15, 0.2) is 41.2 Å². The Kier molecular flexibility index (Phi) is 2.78. The second-order valence-corrected chi connectivity index (χ2v) is 4.25. The second kappa shape index (κ2) is 4.07. The van der Waals surface area contributed by atoms with Crippen LogP contribution in [0.2, 0.25) is 0 Å². The van der Waals surface area contributed by atoms with Gasteiger partial charge in [-0.25, -0.2) is 0 Å². The lowest BCUT2D eigenvalue weighted by atomic mass is 9.94. The Morgan fingerprint density at radius 1 is 1.40 bits per heavy atom. The number of aryl methyl sites for hydroxylation is 1. The molecule has 0 fully saturated rings. The zero-order chi connectivity index (χ0) is 10.8. The lowest BCUT2D eigenvalue weighted by molar-refractivity contribution is 0.761. The maximum absolute atomic E-state index is 6.14. The van der Waals surface area contributed by atoms with E-state index in [1.165, 1.54) is 0 Å². The van der Waals surface area contributed by atoms with Gasteiger partial charge in [-0.15, -0.1) is 0 Å². The summed E-state index contributed by atoms with van der Waals surface area (Å²) < 4.78 is 0. The fourth-order valence-corrected chi connectivity index (χ4v) is 1.89. The maximum atomic E-state index is 6.14. The molecule has 0 saturated heterocycles. The van der Waals surface area contributed by atoms with E-state index in [-0.39, 0.29) is 5.92 Å². The van der Waals surface area contributed by atoms with Crippen LogP contribution in [0, 0.1) is 6.92 Å². The summed E-state index contributed by atoms with van der Waals surface area (Å²) >= 11 is 6.14. The van der Waals surface area contributed by atoms with E-state index in [4.69, 9.17) is 17.3 Å². The molecular weight excluding hydrogens is 208 g/mol. The van der Waals surface area contributed by atoms with E-state index in [0.717, 1.165) is 28.4 Å². The van der Waals surface area contributed by atoms with Crippen LogP contribution in [-0.4, -0.2) is 4.98 Å². The van der Waals surface area contributed by atoms with Crippen molar-refractivity contribution in [2.24, 2.45) is 5.73 Å². The molecule has 78 valence electrons. The Hall–Kier alpha value is -1.28. The molecule has 0 saturated carbocycles. The highest BCUT2D eigenvalue weighted by atomic mass is 35.5. The van der Waals surface area contributed by atoms with Crippen molar-refractivity contribution in [1.29, 1.82) is 0 Å². The normalized spacial score (nSPS) is 20.8. The second-order valence-electron chi connectivity index (χ2n) is 3.81. The minimum absolute atomic E-state index is 0.122. The molecule has 1 unspecified atom stereocenters. The Bertz CT molecular complexity index is 418. The predicted molar refractivity (Wildman–Crippen MR) is 62.5 cm³/mol. The zero-order valence-electron chi connectivity index (χ0n) is 8.57. The first-order chi connectivity index (χ1) is 7.16. The zero-order valence-corrected chi connectivity index (χ0v) is 9.33. The van der Waals surface area contributed by atoms with Gasteiger partial charge < -0.3 is 5.73 Å². The minimum atomic E-state index is 0.122. The largest absolute Gasteiger partial charge is 0.402 e. The maximum Gasteiger partial charge on any atom is 0.0491 e. The molecule has 0 spiro atoms. The Morgan fingerprint density at radius 3 is 2.87 bits per heavy atom. The number of pyridine rings is 1. The predicted octanol–water partition coefficient (Wildman–Crippen LogP) is 2.84. The van der Waals surface area contributed by atoms with Crippen molar-refractivity contribution >= 4 is 11.6 Å². The summed E-state index contributed by atoms with van der Waals surface area (Å²) in [5.74, 6) is 0.122. The molecule has 2 N–H and O–H groups in total. The third-order valence-corrected chi connectivity index (χ3v) is 2.91. The summed E-state index contributed by atoms with van der Waals surface area (Å²) in [6.07, 6.45) is 6.32. The molecule has 2 rings (SSSR count). The number of halogens is 1. The quantitative estimate of drug-likeness (QED) is 0.791. The molecule has 15 heavy (non-hydrogen) atoms. The molecule has 1 aliphatic rings. The van der Waals surface area contributed by atoms with E-state index in [2.05, 4.69) is 4.98 Å². The third kappa shape index (κ3) is 2.21. The number of hydrogen-bond acceptors (Lipinski definition) is 2. The number of allylic oxidation sites excluding steroid dienone is 4. The van der Waals surface area contributed by atoms with Crippen LogP contribution in [0.4, 0.5) is 0 Å². The summed E-state index contributed by atoms with van der Waals surface area (Å²) in [7, 11) is 0. The molecule has 0 amide bonds. The molecule has 0 aliphatic heterocycles. The SMILES string of the molecule is Cc1ccc(C2CC(N)=CC=C2Cl)nc1. The summed E-state index contributed by atoms with van der Waals surface area (Å²) in [6.45, 7) is 2.02. The molecule has 3 heteroatoms. The van der Waals surface area contributed by atoms with Gasteiger partial charge in [0.1, 0.15) is 0 Å². The first-order valence-electron chi connectivity index (χ1n) is 4.91. The van der Waals surface area contributed by atoms with Gasteiger partial charge in [0.15, 0.2) is 0 Å². The molecule has 1 aliphatic carbocycles. The fourth-order valence-electron chi connectivity index (χ4n) is 1.64. The summed E-state index contributed by atoms with van der Waals surface area (Å²) in [5, 5.41) is 0.806. The number of nitrogens with two attached hydrogens (primary N) is 1. The minimum Gasteiger partial charge on any atom is -0.402 e. The highest BCUT2D eigenvalue weighted by Gasteiger charge is 2.19. The molecule has 1 aromatic rings. The van der Waals surface area contributed by atoms with Gasteiger partial charge in [0, 0.05) is 35.0 Å². The number of hydrogen-bond donors (Lipinski definition) is 1. The first kappa shape index (κ1) is 10.2. The average molecular weight is 221 g/mol. The molecule has 1 aromatic heterocycles. The molecule has 1 atom stereocenters. The van der Waals surface area contributed by atoms with Crippen molar-refractivity contribution in [2.75, 3.05) is 0 Å². The molecule has 0 radical (unpaired) electrons. The van der Waals surface area contributed by atoms with E-state index in [1.54, 1.807) is 0 Å². The van der Waals surface area contributed by atoms with Crippen molar-refractivity contribution in [3.8, 4) is 0 Å². The Morgan fingerprint density at radius 2 is 2.20 bits per heavy atom. The van der Waals surface area contributed by atoms with Crippen LogP contribution in [-0.2, 0) is 0 Å². The topological polar surface area (TPSA) is 38.9 Å². The monoisotopic (exact) mass is 220 g/mol. The van der Waals surface area contributed by atoms with Gasteiger partial charge in [0.05, 0.1) is 0 Å². The van der Waals surface area contributed by atoms with Gasteiger partial charge >= 0.3 is 0 Å². The van der Waals surface area contributed by atoms with Crippen molar-refractivity contribution in [3.05, 3.63) is 52.5 Å². The van der Waals surface area contributed by atoms with E-state index in [0.29, 0.717) is 0 Å². The van der Waals surface area contributed by atoms with Crippen LogP contribution in [0.1, 0.15) is 23.6 Å². The summed E-state index contributed by atoms with van der Waals surface area (Å²) in [4.78, 5) is 4.38. The molecule has 0 bridgehead atoms. The number of nitrogens with zero attached hydrogens (tertiary/aromatic N) is 1. The lowest BCUT2D eigenvalue weighted by Gasteiger charge is -2.19. The summed E-state index contributed by atoms with van der Waals surface area (Å²) in [5.41, 5.74) is 8.77. The summed E-state index contributed by atoms with van der Waals surface area (Å²) in [6, 6.07) is 4.05. The molecule has 0 aromatic carbocycles. The Labute approximate surface area is 94.5 Å². The first-order valence-corrected chi connectivity index (χ1v) is 5.29. The van der Waals surface area contributed by atoms with Gasteiger partial charge in [0.2, 0.25) is 0 Å². The molecule has 2 nitrogen and oxygen atoms in total. The van der Waals surface area contributed by atoms with Crippen molar-refractivity contribution < 1.29 is 0 Å². The standard InChI is InChI=1S/C12H13ClN2/c1-8-2-5-12(15-7-8)10-6-9(14)3-4-11(10)13/h2-5,7,10H,6,14H2,1H3. The van der Waals surface area contributed by atoms with E-state index >= 15 is 0 Å². The smallest absolute Gasteiger partial charge is 0.0491 e. The van der Waals surface area contributed by atoms with E-state index < -0.39 is 0 Å². The number of rotatable bonds is 1. The number of aromatic nitrogens is 1. The highest BCUT2D eigenvalue weighted by Crippen LogP contribution is 2.33. The van der Waals surface area contributed by atoms with Crippen molar-refractivity contribution in [1.82, 2.24) is 4.98 Å². The average Bonchev–Trinajstić information content (AvgIpc) is 2.23. The lowest BCUT2D eigenvalue weighted by Crippen LogP contribution is -2.10. The third-order valence-electron chi connectivity index (χ3n) is 2.52. The molecular formula is C12H13ClN2. The van der Waals surface area contributed by atoms with Gasteiger partial charge in [-0.05, 0) is 30.7 Å². The van der Waals surface area contributed by atoms with Crippen molar-refractivity contribution in [3.63, 3.8) is 0 Å². The van der Waals surface area contributed by atoms with Gasteiger partial charge in [-0.2, -0.15) is 0 Å².